The molecule has 0 N–H and O–H groups in total. The third kappa shape index (κ3) is 3.39. The molecule has 0 amide bonds. The number of rotatable bonds is 1. The summed E-state index contributed by atoms with van der Waals surface area (Å²) in [6, 6.07) is 29.9. The maximum atomic E-state index is 3.41. The first kappa shape index (κ1) is 16.2. The van der Waals surface area contributed by atoms with E-state index in [2.05, 4.69) is 111 Å². The second-order valence-electron chi connectivity index (χ2n) is 6.73. The van der Waals surface area contributed by atoms with Gasteiger partial charge in [0.05, 0.1) is 0 Å². The van der Waals surface area contributed by atoms with Crippen molar-refractivity contribution in [3.05, 3.63) is 107 Å². The van der Waals surface area contributed by atoms with Crippen molar-refractivity contribution in [3.63, 3.8) is 0 Å². The Morgan fingerprint density at radius 3 is 2.15 bits per heavy atom. The first-order chi connectivity index (χ1) is 12.7. The molecule has 0 heterocycles. The van der Waals surface area contributed by atoms with Gasteiger partial charge in [0.25, 0.3) is 0 Å². The van der Waals surface area contributed by atoms with Gasteiger partial charge < -0.3 is 0 Å². The van der Waals surface area contributed by atoms with Gasteiger partial charge in [-0.15, -0.1) is 0 Å². The largest absolute Gasteiger partial charge is 0.0616 e. The molecule has 0 bridgehead atoms. The Labute approximate surface area is 155 Å². The van der Waals surface area contributed by atoms with E-state index in [1.807, 2.05) is 0 Å². The van der Waals surface area contributed by atoms with E-state index >= 15 is 0 Å². The molecule has 4 aromatic rings. The maximum absolute atomic E-state index is 3.41. The van der Waals surface area contributed by atoms with Crippen LogP contribution < -0.4 is 0 Å². The van der Waals surface area contributed by atoms with Crippen LogP contribution in [0.4, 0.5) is 0 Å². The van der Waals surface area contributed by atoms with Crippen LogP contribution in [0.1, 0.15) is 22.3 Å². The van der Waals surface area contributed by atoms with E-state index in [1.54, 1.807) is 0 Å². The molecule has 0 spiro atoms. The fourth-order valence-electron chi connectivity index (χ4n) is 3.27. The smallest absolute Gasteiger partial charge is 0.0333 e. The summed E-state index contributed by atoms with van der Waals surface area (Å²) in [7, 11) is 0. The Kier molecular flexibility index (Phi) is 4.30. The van der Waals surface area contributed by atoms with Crippen LogP contribution in [-0.4, -0.2) is 0 Å². The molecule has 0 nitrogen and oxygen atoms in total. The first-order valence-corrected chi connectivity index (χ1v) is 8.87. The van der Waals surface area contributed by atoms with Gasteiger partial charge >= 0.3 is 0 Å². The van der Waals surface area contributed by atoms with Gasteiger partial charge in [0.2, 0.25) is 0 Å². The summed E-state index contributed by atoms with van der Waals surface area (Å²) in [5.41, 5.74) is 7.06. The van der Waals surface area contributed by atoms with Crippen LogP contribution >= 0.6 is 0 Å². The van der Waals surface area contributed by atoms with Crippen molar-refractivity contribution < 1.29 is 0 Å². The third-order valence-electron chi connectivity index (χ3n) is 4.57. The lowest BCUT2D eigenvalue weighted by Gasteiger charge is -2.08. The van der Waals surface area contributed by atoms with Crippen molar-refractivity contribution in [2.75, 3.05) is 0 Å². The molecule has 0 saturated carbocycles. The predicted molar refractivity (Wildman–Crippen MR) is 111 cm³/mol. The van der Waals surface area contributed by atoms with E-state index in [0.29, 0.717) is 0 Å². The van der Waals surface area contributed by atoms with Crippen LogP contribution in [0.25, 0.3) is 21.9 Å². The highest BCUT2D eigenvalue weighted by atomic mass is 14.1. The van der Waals surface area contributed by atoms with Gasteiger partial charge in [0.1, 0.15) is 0 Å². The number of aryl methyl sites for hydroxylation is 2. The van der Waals surface area contributed by atoms with E-state index in [-0.39, 0.29) is 0 Å². The maximum Gasteiger partial charge on any atom is 0.0333 e. The molecule has 0 radical (unpaired) electrons. The van der Waals surface area contributed by atoms with Crippen molar-refractivity contribution in [1.82, 2.24) is 0 Å². The molecule has 124 valence electrons. The van der Waals surface area contributed by atoms with Crippen molar-refractivity contribution >= 4 is 10.8 Å². The average Bonchev–Trinajstić information content (AvgIpc) is 2.66. The molecule has 0 aliphatic carbocycles. The van der Waals surface area contributed by atoms with E-state index in [0.717, 1.165) is 11.1 Å². The molecule has 0 heteroatoms. The molecule has 4 rings (SSSR count). The third-order valence-corrected chi connectivity index (χ3v) is 4.57. The zero-order valence-electron chi connectivity index (χ0n) is 15.1. The highest BCUT2D eigenvalue weighted by Crippen LogP contribution is 2.28. The van der Waals surface area contributed by atoms with Gasteiger partial charge in [-0.3, -0.25) is 0 Å². The molecular formula is C26H20. The zero-order valence-corrected chi connectivity index (χ0v) is 15.1. The normalized spacial score (nSPS) is 10.4. The molecule has 0 aromatic heterocycles. The quantitative estimate of drug-likeness (QED) is 0.348. The Hall–Kier alpha value is -3.30. The van der Waals surface area contributed by atoms with Gasteiger partial charge in [0, 0.05) is 11.1 Å². The van der Waals surface area contributed by atoms with Crippen LogP contribution in [0.3, 0.4) is 0 Å². The molecule has 0 saturated heterocycles. The lowest BCUT2D eigenvalue weighted by molar-refractivity contribution is 1.45. The standard InChI is InChI=1S/C26H20/c1-19-7-5-9-21(15-19)13-14-24-18-25(22-11-6-8-20(2)16-22)17-23-10-3-4-12-26(23)24/h3-12,15-18H,1-2H3. The van der Waals surface area contributed by atoms with Gasteiger partial charge in [-0.25, -0.2) is 0 Å². The summed E-state index contributed by atoms with van der Waals surface area (Å²) in [5.74, 6) is 6.74. The highest BCUT2D eigenvalue weighted by Gasteiger charge is 2.05. The number of hydrogen-bond donors (Lipinski definition) is 0. The minimum atomic E-state index is 1.05. The summed E-state index contributed by atoms with van der Waals surface area (Å²) in [6.45, 7) is 4.22. The topological polar surface area (TPSA) is 0 Å². The van der Waals surface area contributed by atoms with Crippen molar-refractivity contribution in [3.8, 4) is 23.0 Å². The minimum Gasteiger partial charge on any atom is -0.0616 e. The number of benzene rings is 4. The van der Waals surface area contributed by atoms with Gasteiger partial charge in [0.15, 0.2) is 0 Å². The van der Waals surface area contributed by atoms with Crippen molar-refractivity contribution in [2.45, 2.75) is 13.8 Å². The van der Waals surface area contributed by atoms with Crippen molar-refractivity contribution in [2.24, 2.45) is 0 Å². The fraction of sp³-hybridized carbons (Fsp3) is 0.0769. The van der Waals surface area contributed by atoms with Crippen LogP contribution in [0.2, 0.25) is 0 Å². The zero-order chi connectivity index (χ0) is 17.9. The number of fused-ring (bicyclic) bond motifs is 1. The van der Waals surface area contributed by atoms with E-state index < -0.39 is 0 Å². The van der Waals surface area contributed by atoms with E-state index in [1.165, 1.54) is 33.0 Å². The Bertz CT molecular complexity index is 1150. The molecule has 0 aliphatic heterocycles. The first-order valence-electron chi connectivity index (χ1n) is 8.87. The molecule has 0 aliphatic rings. The van der Waals surface area contributed by atoms with Crippen molar-refractivity contribution in [1.29, 1.82) is 0 Å². The van der Waals surface area contributed by atoms with Gasteiger partial charge in [-0.05, 0) is 65.6 Å². The average molecular weight is 332 g/mol. The van der Waals surface area contributed by atoms with E-state index in [9.17, 15) is 0 Å². The molecule has 0 atom stereocenters. The van der Waals surface area contributed by atoms with Crippen LogP contribution in [0.5, 0.6) is 0 Å². The highest BCUT2D eigenvalue weighted by molar-refractivity contribution is 5.92. The number of hydrogen-bond acceptors (Lipinski definition) is 0. The summed E-state index contributed by atoms with van der Waals surface area (Å²) in [6.07, 6.45) is 0. The monoisotopic (exact) mass is 332 g/mol. The Morgan fingerprint density at radius 1 is 0.577 bits per heavy atom. The lowest BCUT2D eigenvalue weighted by atomic mass is 9.96. The Morgan fingerprint density at radius 2 is 1.35 bits per heavy atom. The molecule has 4 aromatic carbocycles. The molecule has 0 unspecified atom stereocenters. The summed E-state index contributed by atoms with van der Waals surface area (Å²) >= 11 is 0. The van der Waals surface area contributed by atoms with Crippen LogP contribution in [-0.2, 0) is 0 Å². The summed E-state index contributed by atoms with van der Waals surface area (Å²) < 4.78 is 0. The lowest BCUT2D eigenvalue weighted by Crippen LogP contribution is -1.86. The fourth-order valence-corrected chi connectivity index (χ4v) is 3.27. The predicted octanol–water partition coefficient (Wildman–Crippen LogP) is 6.52. The summed E-state index contributed by atoms with van der Waals surface area (Å²) in [4.78, 5) is 0. The SMILES string of the molecule is Cc1cccc(C#Cc2cc(-c3cccc(C)c3)cc3ccccc23)c1. The van der Waals surface area contributed by atoms with Crippen LogP contribution in [0.15, 0.2) is 84.9 Å². The molecular weight excluding hydrogens is 312 g/mol. The minimum absolute atomic E-state index is 1.05. The molecule has 0 fully saturated rings. The Balaban J connectivity index is 1.88. The van der Waals surface area contributed by atoms with E-state index in [4.69, 9.17) is 0 Å². The van der Waals surface area contributed by atoms with Gasteiger partial charge in [-0.1, -0.05) is 78.1 Å². The van der Waals surface area contributed by atoms with Gasteiger partial charge in [-0.2, -0.15) is 0 Å². The second-order valence-corrected chi connectivity index (χ2v) is 6.73. The summed E-state index contributed by atoms with van der Waals surface area (Å²) in [5, 5.41) is 2.42. The van der Waals surface area contributed by atoms with Crippen LogP contribution in [0, 0.1) is 25.7 Å². The molecule has 26 heavy (non-hydrogen) atoms. The second kappa shape index (κ2) is 6.90.